The predicted molar refractivity (Wildman–Crippen MR) is 102 cm³/mol. The Balaban J connectivity index is 1.80. The number of aromatic nitrogens is 1. The standard InChI is InChI=1S/C20H23N3OS/c1-14-9-15(2)17-11-16(12-21)20(22-18(17)10-14)25-13-19(24)23-7-5-3-4-6-8-23/h9-11H,3-8,13H2,1-2H3. The van der Waals surface area contributed by atoms with Gasteiger partial charge in [-0.25, -0.2) is 4.98 Å². The van der Waals surface area contributed by atoms with Crippen LogP contribution in [0.25, 0.3) is 10.9 Å². The van der Waals surface area contributed by atoms with Crippen LogP contribution >= 0.6 is 11.8 Å². The number of hydrogen-bond acceptors (Lipinski definition) is 4. The molecule has 5 heteroatoms. The maximum atomic E-state index is 12.5. The highest BCUT2D eigenvalue weighted by Gasteiger charge is 2.17. The number of aryl methyl sites for hydroxylation is 2. The Labute approximate surface area is 153 Å². The fourth-order valence-electron chi connectivity index (χ4n) is 3.34. The maximum absolute atomic E-state index is 12.5. The number of fused-ring (bicyclic) bond motifs is 1. The number of likely N-dealkylation sites (tertiary alicyclic amines) is 1. The Morgan fingerprint density at radius 3 is 2.60 bits per heavy atom. The molecule has 25 heavy (non-hydrogen) atoms. The molecule has 0 radical (unpaired) electrons. The first-order valence-corrected chi connectivity index (χ1v) is 9.80. The third-order valence-corrected chi connectivity index (χ3v) is 5.64. The molecule has 1 aromatic heterocycles. The van der Waals surface area contributed by atoms with Gasteiger partial charge in [-0.05, 0) is 49.9 Å². The van der Waals surface area contributed by atoms with Gasteiger partial charge in [-0.2, -0.15) is 5.26 Å². The van der Waals surface area contributed by atoms with Crippen LogP contribution in [0.5, 0.6) is 0 Å². The summed E-state index contributed by atoms with van der Waals surface area (Å²) in [7, 11) is 0. The zero-order valence-electron chi connectivity index (χ0n) is 14.8. The summed E-state index contributed by atoms with van der Waals surface area (Å²) in [6, 6.07) is 8.26. The van der Waals surface area contributed by atoms with Crippen LogP contribution in [0.15, 0.2) is 23.2 Å². The molecule has 4 nitrogen and oxygen atoms in total. The molecule has 0 bridgehead atoms. The molecule has 0 atom stereocenters. The van der Waals surface area contributed by atoms with Crippen molar-refractivity contribution in [3.8, 4) is 6.07 Å². The molecule has 0 aliphatic carbocycles. The summed E-state index contributed by atoms with van der Waals surface area (Å²) < 4.78 is 0. The molecule has 130 valence electrons. The molecule has 1 aliphatic rings. The van der Waals surface area contributed by atoms with Crippen LogP contribution in [0.4, 0.5) is 0 Å². The minimum absolute atomic E-state index is 0.151. The number of pyridine rings is 1. The molecule has 0 unspecified atom stereocenters. The third-order valence-electron chi connectivity index (χ3n) is 4.66. The second-order valence-electron chi connectivity index (χ2n) is 6.69. The number of amides is 1. The highest BCUT2D eigenvalue weighted by molar-refractivity contribution is 8.00. The van der Waals surface area contributed by atoms with E-state index in [9.17, 15) is 10.1 Å². The quantitative estimate of drug-likeness (QED) is 0.775. The maximum Gasteiger partial charge on any atom is 0.232 e. The molecule has 2 aromatic rings. The first-order chi connectivity index (χ1) is 12.1. The SMILES string of the molecule is Cc1cc(C)c2cc(C#N)c(SCC(=O)N3CCCCCC3)nc2c1. The number of carbonyl (C=O) groups excluding carboxylic acids is 1. The minimum Gasteiger partial charge on any atom is -0.342 e. The van der Waals surface area contributed by atoms with Gasteiger partial charge in [-0.15, -0.1) is 0 Å². The average molecular weight is 353 g/mol. The smallest absolute Gasteiger partial charge is 0.232 e. The summed E-state index contributed by atoms with van der Waals surface area (Å²) in [6.07, 6.45) is 4.60. The number of nitriles is 1. The molecule has 1 aromatic carbocycles. The fraction of sp³-hybridized carbons (Fsp3) is 0.450. The summed E-state index contributed by atoms with van der Waals surface area (Å²) in [6.45, 7) is 5.79. The van der Waals surface area contributed by atoms with Gasteiger partial charge in [0.2, 0.25) is 5.91 Å². The van der Waals surface area contributed by atoms with Gasteiger partial charge in [0.1, 0.15) is 11.1 Å². The molecule has 1 saturated heterocycles. The number of nitrogens with zero attached hydrogens (tertiary/aromatic N) is 3. The largest absolute Gasteiger partial charge is 0.342 e. The second-order valence-corrected chi connectivity index (χ2v) is 7.65. The van der Waals surface area contributed by atoms with Crippen molar-refractivity contribution in [2.75, 3.05) is 18.8 Å². The summed E-state index contributed by atoms with van der Waals surface area (Å²) in [5, 5.41) is 11.1. The first kappa shape index (κ1) is 17.8. The first-order valence-electron chi connectivity index (χ1n) is 8.81. The summed E-state index contributed by atoms with van der Waals surface area (Å²) in [5.74, 6) is 0.496. The lowest BCUT2D eigenvalue weighted by atomic mass is 10.1. The van der Waals surface area contributed by atoms with E-state index in [2.05, 4.69) is 17.1 Å². The zero-order valence-corrected chi connectivity index (χ0v) is 15.7. The number of thioether (sulfide) groups is 1. The van der Waals surface area contributed by atoms with E-state index in [1.807, 2.05) is 30.9 Å². The normalized spacial score (nSPS) is 15.0. The monoisotopic (exact) mass is 353 g/mol. The van der Waals surface area contributed by atoms with E-state index in [4.69, 9.17) is 0 Å². The van der Waals surface area contributed by atoms with Gasteiger partial charge in [0.05, 0.1) is 16.8 Å². The van der Waals surface area contributed by atoms with E-state index in [0.29, 0.717) is 16.3 Å². The Morgan fingerprint density at radius 1 is 1.20 bits per heavy atom. The summed E-state index contributed by atoms with van der Waals surface area (Å²) in [4.78, 5) is 19.1. The van der Waals surface area contributed by atoms with Crippen molar-refractivity contribution in [2.45, 2.75) is 44.6 Å². The van der Waals surface area contributed by atoms with Gasteiger partial charge in [0.15, 0.2) is 0 Å². The van der Waals surface area contributed by atoms with Crippen LogP contribution in [0.2, 0.25) is 0 Å². The van der Waals surface area contributed by atoms with E-state index >= 15 is 0 Å². The van der Waals surface area contributed by atoms with Crippen molar-refractivity contribution in [3.05, 3.63) is 34.9 Å². The predicted octanol–water partition coefficient (Wildman–Crippen LogP) is 4.22. The van der Waals surface area contributed by atoms with E-state index in [0.717, 1.165) is 48.0 Å². The topological polar surface area (TPSA) is 57.0 Å². The van der Waals surface area contributed by atoms with Crippen LogP contribution in [0.1, 0.15) is 42.4 Å². The molecule has 1 aliphatic heterocycles. The van der Waals surface area contributed by atoms with Crippen LogP contribution < -0.4 is 0 Å². The van der Waals surface area contributed by atoms with Crippen LogP contribution in [0.3, 0.4) is 0 Å². The Bertz CT molecular complexity index is 833. The van der Waals surface area contributed by atoms with E-state index in [1.165, 1.54) is 24.6 Å². The summed E-state index contributed by atoms with van der Waals surface area (Å²) >= 11 is 1.38. The lowest BCUT2D eigenvalue weighted by molar-refractivity contribution is -0.128. The van der Waals surface area contributed by atoms with Gasteiger partial charge in [-0.1, -0.05) is 30.7 Å². The second kappa shape index (κ2) is 7.88. The van der Waals surface area contributed by atoms with Gasteiger partial charge in [-0.3, -0.25) is 4.79 Å². The minimum atomic E-state index is 0.151. The fourth-order valence-corrected chi connectivity index (χ4v) is 4.21. The number of hydrogen-bond donors (Lipinski definition) is 0. The van der Waals surface area contributed by atoms with E-state index in [1.54, 1.807) is 0 Å². The molecular formula is C20H23N3OS. The molecule has 0 spiro atoms. The van der Waals surface area contributed by atoms with Crippen LogP contribution in [-0.4, -0.2) is 34.6 Å². The Hall–Kier alpha value is -2.06. The van der Waals surface area contributed by atoms with E-state index < -0.39 is 0 Å². The molecular weight excluding hydrogens is 330 g/mol. The Kier molecular flexibility index (Phi) is 5.60. The van der Waals surface area contributed by atoms with Gasteiger partial charge in [0, 0.05) is 18.5 Å². The average Bonchev–Trinajstić information content (AvgIpc) is 2.88. The van der Waals surface area contributed by atoms with Crippen molar-refractivity contribution < 1.29 is 4.79 Å². The molecule has 2 heterocycles. The highest BCUT2D eigenvalue weighted by Crippen LogP contribution is 2.27. The van der Waals surface area contributed by atoms with Crippen LogP contribution in [-0.2, 0) is 4.79 Å². The highest BCUT2D eigenvalue weighted by atomic mass is 32.2. The Morgan fingerprint density at radius 2 is 1.92 bits per heavy atom. The lowest BCUT2D eigenvalue weighted by Crippen LogP contribution is -2.33. The van der Waals surface area contributed by atoms with E-state index in [-0.39, 0.29) is 5.91 Å². The van der Waals surface area contributed by atoms with Gasteiger partial charge < -0.3 is 4.90 Å². The van der Waals surface area contributed by atoms with Crippen molar-refractivity contribution >= 4 is 28.6 Å². The summed E-state index contributed by atoms with van der Waals surface area (Å²) in [5.41, 5.74) is 3.71. The van der Waals surface area contributed by atoms with Crippen molar-refractivity contribution in [3.63, 3.8) is 0 Å². The van der Waals surface area contributed by atoms with Crippen molar-refractivity contribution in [2.24, 2.45) is 0 Å². The molecule has 0 saturated carbocycles. The molecule has 1 fully saturated rings. The third kappa shape index (κ3) is 4.13. The molecule has 3 rings (SSSR count). The molecule has 1 amide bonds. The molecule has 0 N–H and O–H groups in total. The van der Waals surface area contributed by atoms with Gasteiger partial charge in [0.25, 0.3) is 0 Å². The lowest BCUT2D eigenvalue weighted by Gasteiger charge is -2.20. The zero-order chi connectivity index (χ0) is 17.8. The number of carbonyl (C=O) groups is 1. The van der Waals surface area contributed by atoms with Crippen LogP contribution in [0, 0.1) is 25.2 Å². The number of rotatable bonds is 3. The van der Waals surface area contributed by atoms with Crippen molar-refractivity contribution in [1.29, 1.82) is 5.26 Å². The van der Waals surface area contributed by atoms with Gasteiger partial charge >= 0.3 is 0 Å². The number of benzene rings is 1. The van der Waals surface area contributed by atoms with Crippen molar-refractivity contribution in [1.82, 2.24) is 9.88 Å².